The van der Waals surface area contributed by atoms with Crippen LogP contribution < -0.4 is 0 Å². The molecule has 0 aliphatic rings. The summed E-state index contributed by atoms with van der Waals surface area (Å²) in [6, 6.07) is 4.40. The van der Waals surface area contributed by atoms with Gasteiger partial charge < -0.3 is 5.11 Å². The number of benzene rings is 1. The Bertz CT molecular complexity index is 617. The van der Waals surface area contributed by atoms with Gasteiger partial charge in [-0.1, -0.05) is 6.07 Å². The molecule has 20 heavy (non-hydrogen) atoms. The molecule has 2 rings (SSSR count). The molecule has 0 saturated heterocycles. The molecule has 2 aromatic rings. The van der Waals surface area contributed by atoms with Crippen molar-refractivity contribution in [3.63, 3.8) is 0 Å². The second-order valence-electron chi connectivity index (χ2n) is 4.64. The summed E-state index contributed by atoms with van der Waals surface area (Å²) in [6.45, 7) is 1.23. The van der Waals surface area contributed by atoms with Gasteiger partial charge in [0.25, 0.3) is 0 Å². The van der Waals surface area contributed by atoms with E-state index in [1.54, 1.807) is 17.5 Å². The van der Waals surface area contributed by atoms with E-state index in [1.807, 2.05) is 0 Å². The summed E-state index contributed by atoms with van der Waals surface area (Å²) >= 11 is 1.29. The van der Waals surface area contributed by atoms with Crippen LogP contribution >= 0.6 is 11.3 Å². The Hall–Kier alpha value is -1.82. The van der Waals surface area contributed by atoms with Gasteiger partial charge in [-0.15, -0.1) is 11.3 Å². The van der Waals surface area contributed by atoms with E-state index in [1.165, 1.54) is 18.3 Å². The zero-order valence-electron chi connectivity index (χ0n) is 10.5. The monoisotopic (exact) mass is 300 g/mol. The lowest BCUT2D eigenvalue weighted by molar-refractivity contribution is -0.143. The molecule has 0 spiro atoms. The van der Waals surface area contributed by atoms with Crippen LogP contribution in [-0.2, 0) is 16.6 Å². The Morgan fingerprint density at radius 2 is 1.90 bits per heavy atom. The summed E-state index contributed by atoms with van der Waals surface area (Å²) in [7, 11) is 0. The van der Waals surface area contributed by atoms with E-state index in [2.05, 4.69) is 0 Å². The summed E-state index contributed by atoms with van der Waals surface area (Å²) < 4.78 is 40.7. The summed E-state index contributed by atoms with van der Waals surface area (Å²) in [5.41, 5.74) is -2.42. The Morgan fingerprint density at radius 3 is 2.35 bits per heavy atom. The van der Waals surface area contributed by atoms with Gasteiger partial charge in [-0.25, -0.2) is 13.2 Å². The number of hydrogen-bond acceptors (Lipinski definition) is 2. The first-order valence-corrected chi connectivity index (χ1v) is 6.63. The smallest absolute Gasteiger partial charge is 0.314 e. The van der Waals surface area contributed by atoms with E-state index in [9.17, 15) is 23.1 Å². The summed E-state index contributed by atoms with van der Waals surface area (Å²) in [4.78, 5) is 12.2. The minimum atomic E-state index is -1.80. The maximum atomic E-state index is 13.9. The van der Waals surface area contributed by atoms with Crippen LogP contribution in [0.15, 0.2) is 29.6 Å². The molecule has 1 heterocycles. The summed E-state index contributed by atoms with van der Waals surface area (Å²) in [5, 5.41) is 11.1. The molecule has 1 aromatic heterocycles. The Morgan fingerprint density at radius 1 is 1.30 bits per heavy atom. The molecule has 1 aromatic carbocycles. The number of aliphatic carboxylic acids is 1. The van der Waals surface area contributed by atoms with Gasteiger partial charge >= 0.3 is 5.97 Å². The molecule has 0 saturated carbocycles. The first-order valence-electron chi connectivity index (χ1n) is 5.75. The van der Waals surface area contributed by atoms with Crippen LogP contribution in [0.5, 0.6) is 0 Å². The lowest BCUT2D eigenvalue weighted by atomic mass is 9.78. The molecule has 0 fully saturated rings. The van der Waals surface area contributed by atoms with Gasteiger partial charge in [-0.3, -0.25) is 4.79 Å². The van der Waals surface area contributed by atoms with E-state index < -0.39 is 34.4 Å². The van der Waals surface area contributed by atoms with Crippen molar-refractivity contribution >= 4 is 17.3 Å². The molecule has 0 radical (unpaired) electrons. The molecular weight excluding hydrogens is 289 g/mol. The van der Waals surface area contributed by atoms with Crippen molar-refractivity contribution in [2.24, 2.45) is 0 Å². The minimum absolute atomic E-state index is 0.0700. The third-order valence-electron chi connectivity index (χ3n) is 3.14. The van der Waals surface area contributed by atoms with E-state index in [0.29, 0.717) is 17.0 Å². The van der Waals surface area contributed by atoms with Crippen LogP contribution in [0, 0.1) is 17.5 Å². The fourth-order valence-electron chi connectivity index (χ4n) is 2.10. The molecule has 1 atom stereocenters. The normalized spacial score (nSPS) is 14.0. The molecule has 2 nitrogen and oxygen atoms in total. The maximum absolute atomic E-state index is 13.9. The van der Waals surface area contributed by atoms with Gasteiger partial charge in [0, 0.05) is 29.0 Å². The number of carbonyl (C=O) groups is 1. The Kier molecular flexibility index (Phi) is 3.85. The SMILES string of the molecule is CC(Cc1cccs1)(C(=O)O)c1c(F)cc(F)cc1F. The van der Waals surface area contributed by atoms with E-state index in [0.717, 1.165) is 0 Å². The van der Waals surface area contributed by atoms with Crippen LogP contribution in [0.4, 0.5) is 13.2 Å². The molecule has 106 valence electrons. The number of carboxylic acids is 1. The number of halogens is 3. The second-order valence-corrected chi connectivity index (χ2v) is 5.67. The van der Waals surface area contributed by atoms with Crippen molar-refractivity contribution in [3.8, 4) is 0 Å². The maximum Gasteiger partial charge on any atom is 0.314 e. The average molecular weight is 300 g/mol. The van der Waals surface area contributed by atoms with Crippen LogP contribution in [0.1, 0.15) is 17.4 Å². The topological polar surface area (TPSA) is 37.3 Å². The first-order chi connectivity index (χ1) is 9.34. The standard InChI is InChI=1S/C14H11F3O2S/c1-14(13(18)19,7-9-3-2-4-20-9)12-10(16)5-8(15)6-11(12)17/h2-6H,7H2,1H3,(H,18,19). The minimum Gasteiger partial charge on any atom is -0.481 e. The van der Waals surface area contributed by atoms with Gasteiger partial charge in [0.15, 0.2) is 0 Å². The molecule has 0 bridgehead atoms. The van der Waals surface area contributed by atoms with Gasteiger partial charge in [-0.05, 0) is 18.4 Å². The van der Waals surface area contributed by atoms with E-state index >= 15 is 0 Å². The predicted molar refractivity (Wildman–Crippen MR) is 69.3 cm³/mol. The van der Waals surface area contributed by atoms with Crippen LogP contribution in [0.2, 0.25) is 0 Å². The lowest BCUT2D eigenvalue weighted by Crippen LogP contribution is -2.36. The van der Waals surface area contributed by atoms with Crippen molar-refractivity contribution in [1.29, 1.82) is 0 Å². The Balaban J connectivity index is 2.56. The summed E-state index contributed by atoms with van der Waals surface area (Å²) in [6.07, 6.45) is -0.0700. The highest BCUT2D eigenvalue weighted by atomic mass is 32.1. The van der Waals surface area contributed by atoms with Gasteiger partial charge in [-0.2, -0.15) is 0 Å². The van der Waals surface area contributed by atoms with Crippen molar-refractivity contribution in [2.75, 3.05) is 0 Å². The van der Waals surface area contributed by atoms with Crippen molar-refractivity contribution < 1.29 is 23.1 Å². The number of rotatable bonds is 4. The quantitative estimate of drug-likeness (QED) is 0.933. The molecule has 0 aliphatic heterocycles. The second kappa shape index (κ2) is 5.28. The predicted octanol–water partition coefficient (Wildman–Crippen LogP) is 3.75. The third kappa shape index (κ3) is 2.56. The molecular formula is C14H11F3O2S. The molecule has 1 unspecified atom stereocenters. The first kappa shape index (κ1) is 14.6. The highest BCUT2D eigenvalue weighted by Crippen LogP contribution is 2.34. The van der Waals surface area contributed by atoms with Crippen molar-refractivity contribution in [2.45, 2.75) is 18.8 Å². The average Bonchev–Trinajstić information content (AvgIpc) is 2.79. The fourth-order valence-corrected chi connectivity index (χ4v) is 2.96. The number of hydrogen-bond donors (Lipinski definition) is 1. The largest absolute Gasteiger partial charge is 0.481 e. The van der Waals surface area contributed by atoms with Crippen LogP contribution in [-0.4, -0.2) is 11.1 Å². The highest BCUT2D eigenvalue weighted by molar-refractivity contribution is 7.09. The third-order valence-corrected chi connectivity index (χ3v) is 4.01. The van der Waals surface area contributed by atoms with E-state index in [-0.39, 0.29) is 6.42 Å². The van der Waals surface area contributed by atoms with Gasteiger partial charge in [0.2, 0.25) is 0 Å². The van der Waals surface area contributed by atoms with Crippen molar-refractivity contribution in [1.82, 2.24) is 0 Å². The number of carboxylic acid groups (broad SMARTS) is 1. The Labute approximate surface area is 117 Å². The summed E-state index contributed by atoms with van der Waals surface area (Å²) in [5.74, 6) is -4.82. The zero-order valence-corrected chi connectivity index (χ0v) is 11.3. The van der Waals surface area contributed by atoms with Gasteiger partial charge in [0.1, 0.15) is 22.9 Å². The molecule has 0 amide bonds. The van der Waals surface area contributed by atoms with Crippen LogP contribution in [0.25, 0.3) is 0 Å². The molecule has 1 N–H and O–H groups in total. The lowest BCUT2D eigenvalue weighted by Gasteiger charge is -2.25. The van der Waals surface area contributed by atoms with E-state index in [4.69, 9.17) is 0 Å². The molecule has 0 aliphatic carbocycles. The van der Waals surface area contributed by atoms with Crippen molar-refractivity contribution in [3.05, 3.63) is 57.5 Å². The zero-order chi connectivity index (χ0) is 14.9. The number of thiophene rings is 1. The molecule has 6 heteroatoms. The van der Waals surface area contributed by atoms with Gasteiger partial charge in [0.05, 0.1) is 0 Å². The highest BCUT2D eigenvalue weighted by Gasteiger charge is 2.40. The van der Waals surface area contributed by atoms with Crippen LogP contribution in [0.3, 0.4) is 0 Å². The fraction of sp³-hybridized carbons (Fsp3) is 0.214.